The summed E-state index contributed by atoms with van der Waals surface area (Å²) >= 11 is 0. The van der Waals surface area contributed by atoms with Gasteiger partial charge in [0, 0.05) is 11.0 Å². The number of H-pyrrole nitrogens is 1. The van der Waals surface area contributed by atoms with Crippen LogP contribution in [0.2, 0.25) is 0 Å². The molecule has 0 fully saturated rings. The van der Waals surface area contributed by atoms with E-state index in [-0.39, 0.29) is 11.0 Å². The Labute approximate surface area is 127 Å². The molecule has 3 heteroatoms. The molecule has 1 aromatic heterocycles. The number of rotatable bonds is 3. The second-order valence-corrected chi connectivity index (χ2v) is 7.29. The SMILES string of the molecule is Cc1cccc(-n2[nH]c(=O)c(CC(C)C)c2C(C)(C)C)c1. The number of aryl methyl sites for hydroxylation is 1. The van der Waals surface area contributed by atoms with E-state index in [1.807, 2.05) is 16.8 Å². The van der Waals surface area contributed by atoms with Gasteiger partial charge in [0.15, 0.2) is 0 Å². The topological polar surface area (TPSA) is 37.8 Å². The lowest BCUT2D eigenvalue weighted by Crippen LogP contribution is -2.20. The Balaban J connectivity index is 2.70. The zero-order valence-corrected chi connectivity index (χ0v) is 13.9. The molecule has 0 saturated carbocycles. The third-order valence-electron chi connectivity index (χ3n) is 3.58. The van der Waals surface area contributed by atoms with Crippen molar-refractivity contribution >= 4 is 0 Å². The number of aromatic nitrogens is 2. The zero-order chi connectivity index (χ0) is 15.8. The van der Waals surface area contributed by atoms with Crippen LogP contribution in [-0.2, 0) is 11.8 Å². The predicted molar refractivity (Wildman–Crippen MR) is 88.4 cm³/mol. The molecule has 0 amide bonds. The van der Waals surface area contributed by atoms with E-state index in [0.29, 0.717) is 5.92 Å². The zero-order valence-electron chi connectivity index (χ0n) is 13.9. The Bertz CT molecular complexity index is 684. The predicted octanol–water partition coefficient (Wildman–Crippen LogP) is 3.97. The molecule has 0 unspecified atom stereocenters. The van der Waals surface area contributed by atoms with Gasteiger partial charge in [-0.05, 0) is 37.0 Å². The highest BCUT2D eigenvalue weighted by atomic mass is 16.1. The van der Waals surface area contributed by atoms with Crippen molar-refractivity contribution in [3.8, 4) is 5.69 Å². The van der Waals surface area contributed by atoms with Crippen LogP contribution in [0.15, 0.2) is 29.1 Å². The summed E-state index contributed by atoms with van der Waals surface area (Å²) in [7, 11) is 0. The molecule has 0 saturated heterocycles. The number of nitrogens with zero attached hydrogens (tertiary/aromatic N) is 1. The molecule has 2 aromatic rings. The number of aromatic amines is 1. The summed E-state index contributed by atoms with van der Waals surface area (Å²) in [4.78, 5) is 12.4. The third-order valence-corrected chi connectivity index (χ3v) is 3.58. The van der Waals surface area contributed by atoms with Crippen LogP contribution in [0.25, 0.3) is 5.69 Å². The van der Waals surface area contributed by atoms with Crippen molar-refractivity contribution < 1.29 is 0 Å². The van der Waals surface area contributed by atoms with Crippen LogP contribution < -0.4 is 5.56 Å². The molecule has 1 aromatic carbocycles. The molecule has 0 bridgehead atoms. The molecule has 0 radical (unpaired) electrons. The van der Waals surface area contributed by atoms with Gasteiger partial charge in [0.1, 0.15) is 0 Å². The minimum Gasteiger partial charge on any atom is -0.268 e. The first kappa shape index (κ1) is 15.6. The molecule has 2 rings (SSSR count). The molecule has 21 heavy (non-hydrogen) atoms. The van der Waals surface area contributed by atoms with Crippen molar-refractivity contribution in [2.45, 2.75) is 53.4 Å². The van der Waals surface area contributed by atoms with Gasteiger partial charge >= 0.3 is 0 Å². The second-order valence-electron chi connectivity index (χ2n) is 7.29. The van der Waals surface area contributed by atoms with Gasteiger partial charge in [-0.3, -0.25) is 14.6 Å². The standard InChI is InChI=1S/C18H26N2O/c1-12(2)10-15-16(18(4,5)6)20(19-17(15)21)14-9-7-8-13(3)11-14/h7-9,11-12H,10H2,1-6H3,(H,19,21). The van der Waals surface area contributed by atoms with Crippen LogP contribution in [0.3, 0.4) is 0 Å². The van der Waals surface area contributed by atoms with Crippen LogP contribution in [0, 0.1) is 12.8 Å². The van der Waals surface area contributed by atoms with Crippen LogP contribution in [0.5, 0.6) is 0 Å². The van der Waals surface area contributed by atoms with E-state index in [9.17, 15) is 4.79 Å². The number of benzene rings is 1. The van der Waals surface area contributed by atoms with Crippen LogP contribution >= 0.6 is 0 Å². The highest BCUT2D eigenvalue weighted by Gasteiger charge is 2.26. The first-order valence-corrected chi connectivity index (χ1v) is 7.61. The Morgan fingerprint density at radius 2 is 1.90 bits per heavy atom. The van der Waals surface area contributed by atoms with E-state index in [4.69, 9.17) is 0 Å². The Morgan fingerprint density at radius 1 is 1.24 bits per heavy atom. The molecule has 0 aliphatic carbocycles. The van der Waals surface area contributed by atoms with Gasteiger partial charge in [-0.2, -0.15) is 0 Å². The molecule has 0 spiro atoms. The molecule has 0 aliphatic rings. The number of hydrogen-bond acceptors (Lipinski definition) is 1. The molecular formula is C18H26N2O. The van der Waals surface area contributed by atoms with E-state index in [1.54, 1.807) is 0 Å². The maximum Gasteiger partial charge on any atom is 0.267 e. The summed E-state index contributed by atoms with van der Waals surface area (Å²) in [6.07, 6.45) is 0.806. The Kier molecular flexibility index (Phi) is 4.13. The Morgan fingerprint density at radius 3 is 2.43 bits per heavy atom. The average Bonchev–Trinajstić information content (AvgIpc) is 2.66. The van der Waals surface area contributed by atoms with E-state index in [0.717, 1.165) is 23.4 Å². The summed E-state index contributed by atoms with van der Waals surface area (Å²) in [5.74, 6) is 0.459. The van der Waals surface area contributed by atoms with Gasteiger partial charge in [-0.15, -0.1) is 0 Å². The second kappa shape index (κ2) is 5.55. The molecule has 1 heterocycles. The number of nitrogens with one attached hydrogen (secondary N) is 1. The van der Waals surface area contributed by atoms with Crippen LogP contribution in [0.1, 0.15) is 51.4 Å². The van der Waals surface area contributed by atoms with Gasteiger partial charge in [0.05, 0.1) is 11.4 Å². The monoisotopic (exact) mass is 286 g/mol. The smallest absolute Gasteiger partial charge is 0.267 e. The fraction of sp³-hybridized carbons (Fsp3) is 0.500. The molecule has 3 nitrogen and oxygen atoms in total. The minimum absolute atomic E-state index is 0.0372. The summed E-state index contributed by atoms with van der Waals surface area (Å²) < 4.78 is 1.97. The minimum atomic E-state index is -0.0901. The van der Waals surface area contributed by atoms with Crippen molar-refractivity contribution in [1.82, 2.24) is 9.78 Å². The van der Waals surface area contributed by atoms with Gasteiger partial charge in [0.2, 0.25) is 0 Å². The van der Waals surface area contributed by atoms with Gasteiger partial charge in [-0.25, -0.2) is 0 Å². The van der Waals surface area contributed by atoms with E-state index in [2.05, 4.69) is 58.8 Å². The summed E-state index contributed by atoms with van der Waals surface area (Å²) in [6, 6.07) is 8.23. The average molecular weight is 286 g/mol. The van der Waals surface area contributed by atoms with Crippen LogP contribution in [-0.4, -0.2) is 9.78 Å². The lowest BCUT2D eigenvalue weighted by atomic mass is 9.86. The first-order chi connectivity index (χ1) is 9.70. The molecule has 114 valence electrons. The van der Waals surface area contributed by atoms with E-state index >= 15 is 0 Å². The maximum absolute atomic E-state index is 12.4. The maximum atomic E-state index is 12.4. The van der Waals surface area contributed by atoms with Gasteiger partial charge < -0.3 is 0 Å². The quantitative estimate of drug-likeness (QED) is 0.911. The van der Waals surface area contributed by atoms with Crippen molar-refractivity contribution in [2.24, 2.45) is 5.92 Å². The molecule has 0 atom stereocenters. The fourth-order valence-electron chi connectivity index (χ4n) is 2.81. The van der Waals surface area contributed by atoms with Crippen LogP contribution in [0.4, 0.5) is 0 Å². The van der Waals surface area contributed by atoms with Crippen molar-refractivity contribution in [1.29, 1.82) is 0 Å². The van der Waals surface area contributed by atoms with E-state index < -0.39 is 0 Å². The van der Waals surface area contributed by atoms with Gasteiger partial charge in [0.25, 0.3) is 5.56 Å². The normalized spacial score (nSPS) is 12.1. The third kappa shape index (κ3) is 3.29. The van der Waals surface area contributed by atoms with Crippen molar-refractivity contribution in [2.75, 3.05) is 0 Å². The lowest BCUT2D eigenvalue weighted by Gasteiger charge is -2.23. The lowest BCUT2D eigenvalue weighted by molar-refractivity contribution is 0.529. The van der Waals surface area contributed by atoms with Gasteiger partial charge in [-0.1, -0.05) is 46.8 Å². The fourth-order valence-corrected chi connectivity index (χ4v) is 2.81. The largest absolute Gasteiger partial charge is 0.268 e. The summed E-state index contributed by atoms with van der Waals surface area (Å²) in [5.41, 5.74) is 4.16. The Hall–Kier alpha value is -1.77. The summed E-state index contributed by atoms with van der Waals surface area (Å²) in [5, 5.41) is 3.03. The highest BCUT2D eigenvalue weighted by molar-refractivity contribution is 5.40. The molecular weight excluding hydrogens is 260 g/mol. The van der Waals surface area contributed by atoms with E-state index in [1.165, 1.54) is 5.56 Å². The number of hydrogen-bond donors (Lipinski definition) is 1. The highest BCUT2D eigenvalue weighted by Crippen LogP contribution is 2.28. The molecule has 1 N–H and O–H groups in total. The van der Waals surface area contributed by atoms with Crippen molar-refractivity contribution in [3.05, 3.63) is 51.4 Å². The van der Waals surface area contributed by atoms with Crippen molar-refractivity contribution in [3.63, 3.8) is 0 Å². The summed E-state index contributed by atoms with van der Waals surface area (Å²) in [6.45, 7) is 12.8. The first-order valence-electron chi connectivity index (χ1n) is 7.61. The molecule has 0 aliphatic heterocycles.